The number of carbonyl (C=O) groups excluding carboxylic acids is 2. The predicted molar refractivity (Wildman–Crippen MR) is 169 cm³/mol. The van der Waals surface area contributed by atoms with Crippen LogP contribution in [0, 0.1) is 0 Å². The van der Waals surface area contributed by atoms with Crippen LogP contribution in [0.2, 0.25) is 0 Å². The van der Waals surface area contributed by atoms with Crippen molar-refractivity contribution in [3.63, 3.8) is 0 Å². The van der Waals surface area contributed by atoms with Crippen molar-refractivity contribution >= 4 is 38.5 Å². The summed E-state index contributed by atoms with van der Waals surface area (Å²) < 4.78 is 8.77. The number of ether oxygens (including phenoxy) is 1. The minimum Gasteiger partial charge on any atom is -0.382 e. The van der Waals surface area contributed by atoms with E-state index in [0.29, 0.717) is 44.8 Å². The summed E-state index contributed by atoms with van der Waals surface area (Å²) in [6, 6.07) is 26.1. The molecule has 0 fully saturated rings. The van der Waals surface area contributed by atoms with Crippen molar-refractivity contribution in [2.75, 3.05) is 32.8 Å². The molecule has 0 radical (unpaired) electrons. The predicted octanol–water partition coefficient (Wildman–Crippen LogP) is 7.15. The zero-order chi connectivity index (χ0) is 29.0. The van der Waals surface area contributed by atoms with Crippen LogP contribution in [0.3, 0.4) is 0 Å². The molecule has 1 heterocycles. The van der Waals surface area contributed by atoms with E-state index in [1.165, 1.54) is 5.56 Å². The van der Waals surface area contributed by atoms with Gasteiger partial charge < -0.3 is 19.1 Å². The van der Waals surface area contributed by atoms with E-state index in [4.69, 9.17) is 4.74 Å². The minimum absolute atomic E-state index is 0.0366. The molecule has 4 aromatic rings. The second kappa shape index (κ2) is 15.5. The van der Waals surface area contributed by atoms with Crippen molar-refractivity contribution in [3.05, 3.63) is 106 Å². The van der Waals surface area contributed by atoms with E-state index < -0.39 is 0 Å². The molecule has 3 aromatic carbocycles. The number of amides is 2. The van der Waals surface area contributed by atoms with Gasteiger partial charge in [0.25, 0.3) is 5.91 Å². The highest BCUT2D eigenvalue weighted by Gasteiger charge is 2.23. The first-order chi connectivity index (χ1) is 20.0. The summed E-state index contributed by atoms with van der Waals surface area (Å²) in [4.78, 5) is 31.1. The number of unbranched alkanes of at least 4 members (excludes halogenated alkanes) is 1. The lowest BCUT2D eigenvalue weighted by atomic mass is 10.1. The third-order valence-corrected chi connectivity index (χ3v) is 7.74. The van der Waals surface area contributed by atoms with Crippen molar-refractivity contribution in [1.82, 2.24) is 14.4 Å². The minimum atomic E-state index is -0.130. The second-order valence-electron chi connectivity index (χ2n) is 10.3. The molecule has 41 heavy (non-hydrogen) atoms. The quantitative estimate of drug-likeness (QED) is 0.133. The molecule has 216 valence electrons. The average Bonchev–Trinajstić information content (AvgIpc) is 3.43. The lowest BCUT2D eigenvalue weighted by molar-refractivity contribution is -0.132. The zero-order valence-electron chi connectivity index (χ0n) is 24.1. The maximum atomic E-state index is 13.8. The standard InChI is InChI=1S/C34H40BrN3O3/c1-3-5-19-37(25-32-12-8-20-36(32)24-27-13-17-31(35)18-14-27)33(39)26-38(21-9-22-41-4-2)34(40)30-16-15-28-10-6-7-11-29(28)23-30/h6-8,10-18,20,23H,3-5,9,19,21-22,24-26H2,1-2H3. The number of hydrogen-bond acceptors (Lipinski definition) is 3. The lowest BCUT2D eigenvalue weighted by Gasteiger charge is -2.28. The fraction of sp³-hybridized carbons (Fsp3) is 0.353. The molecule has 0 bridgehead atoms. The van der Waals surface area contributed by atoms with E-state index in [0.717, 1.165) is 40.3 Å². The zero-order valence-corrected chi connectivity index (χ0v) is 25.7. The molecule has 0 aliphatic rings. The lowest BCUT2D eigenvalue weighted by Crippen LogP contribution is -2.43. The van der Waals surface area contributed by atoms with Gasteiger partial charge in [-0.15, -0.1) is 0 Å². The molecule has 0 saturated carbocycles. The normalized spacial score (nSPS) is 11.1. The van der Waals surface area contributed by atoms with Crippen molar-refractivity contribution in [2.45, 2.75) is 46.2 Å². The number of aromatic nitrogens is 1. The van der Waals surface area contributed by atoms with Gasteiger partial charge in [-0.25, -0.2) is 0 Å². The summed E-state index contributed by atoms with van der Waals surface area (Å²) in [5.41, 5.74) is 2.86. The van der Waals surface area contributed by atoms with Crippen LogP contribution in [0.5, 0.6) is 0 Å². The summed E-state index contributed by atoms with van der Waals surface area (Å²) in [6.07, 6.45) is 4.62. The molecule has 7 heteroatoms. The number of rotatable bonds is 15. The molecule has 0 aliphatic carbocycles. The first-order valence-electron chi connectivity index (χ1n) is 14.5. The molecule has 4 rings (SSSR count). The van der Waals surface area contributed by atoms with E-state index in [-0.39, 0.29) is 18.4 Å². The van der Waals surface area contributed by atoms with Crippen LogP contribution in [-0.4, -0.2) is 59.0 Å². The van der Waals surface area contributed by atoms with Gasteiger partial charge in [-0.05, 0) is 72.5 Å². The summed E-state index contributed by atoms with van der Waals surface area (Å²) >= 11 is 3.50. The number of hydrogen-bond donors (Lipinski definition) is 0. The smallest absolute Gasteiger partial charge is 0.254 e. The molecule has 0 aliphatic heterocycles. The third-order valence-electron chi connectivity index (χ3n) is 7.21. The number of halogens is 1. The Kier molecular flexibility index (Phi) is 11.6. The average molecular weight is 619 g/mol. The van der Waals surface area contributed by atoms with Gasteiger partial charge in [0, 0.05) is 54.8 Å². The Morgan fingerprint density at radius 3 is 2.37 bits per heavy atom. The van der Waals surface area contributed by atoms with E-state index >= 15 is 0 Å². The van der Waals surface area contributed by atoms with Gasteiger partial charge in [0.15, 0.2) is 0 Å². The summed E-state index contributed by atoms with van der Waals surface area (Å²) in [7, 11) is 0. The molecule has 0 N–H and O–H groups in total. The topological polar surface area (TPSA) is 54.8 Å². The van der Waals surface area contributed by atoms with E-state index in [2.05, 4.69) is 51.8 Å². The Balaban J connectivity index is 1.51. The maximum absolute atomic E-state index is 13.8. The van der Waals surface area contributed by atoms with Gasteiger partial charge in [-0.1, -0.05) is 71.7 Å². The molecule has 0 spiro atoms. The van der Waals surface area contributed by atoms with Gasteiger partial charge in [0.05, 0.1) is 6.54 Å². The van der Waals surface area contributed by atoms with Crippen LogP contribution >= 0.6 is 15.9 Å². The van der Waals surface area contributed by atoms with Crippen LogP contribution in [0.25, 0.3) is 10.8 Å². The number of benzene rings is 3. The first kappa shape index (κ1) is 30.5. The largest absolute Gasteiger partial charge is 0.382 e. The van der Waals surface area contributed by atoms with Crippen LogP contribution in [0.1, 0.15) is 54.7 Å². The first-order valence-corrected chi connectivity index (χ1v) is 15.3. The highest BCUT2D eigenvalue weighted by molar-refractivity contribution is 9.10. The van der Waals surface area contributed by atoms with Crippen molar-refractivity contribution in [1.29, 1.82) is 0 Å². The van der Waals surface area contributed by atoms with Crippen LogP contribution in [0.4, 0.5) is 0 Å². The van der Waals surface area contributed by atoms with Crippen molar-refractivity contribution in [2.24, 2.45) is 0 Å². The maximum Gasteiger partial charge on any atom is 0.254 e. The SMILES string of the molecule is CCCCN(Cc1cccn1Cc1ccc(Br)cc1)C(=O)CN(CCCOCC)C(=O)c1ccc2ccccc2c1. The molecule has 6 nitrogen and oxygen atoms in total. The molecule has 2 amide bonds. The van der Waals surface area contributed by atoms with E-state index in [1.54, 1.807) is 4.90 Å². The monoisotopic (exact) mass is 617 g/mol. The van der Waals surface area contributed by atoms with Crippen LogP contribution in [-0.2, 0) is 22.6 Å². The highest BCUT2D eigenvalue weighted by Crippen LogP contribution is 2.18. The molecule has 0 atom stereocenters. The highest BCUT2D eigenvalue weighted by atomic mass is 79.9. The van der Waals surface area contributed by atoms with Gasteiger partial charge in [0.1, 0.15) is 6.54 Å². The summed E-state index contributed by atoms with van der Waals surface area (Å²) in [5.74, 6) is -0.171. The Labute approximate surface area is 252 Å². The Morgan fingerprint density at radius 1 is 0.854 bits per heavy atom. The van der Waals surface area contributed by atoms with E-state index in [9.17, 15) is 9.59 Å². The Bertz CT molecular complexity index is 1420. The van der Waals surface area contributed by atoms with Gasteiger partial charge >= 0.3 is 0 Å². The fourth-order valence-corrected chi connectivity index (χ4v) is 5.16. The second-order valence-corrected chi connectivity index (χ2v) is 11.2. The molecule has 0 unspecified atom stereocenters. The van der Waals surface area contributed by atoms with Gasteiger partial charge in [-0.2, -0.15) is 0 Å². The Hall–Kier alpha value is -3.42. The number of carbonyl (C=O) groups is 2. The van der Waals surface area contributed by atoms with Crippen molar-refractivity contribution in [3.8, 4) is 0 Å². The van der Waals surface area contributed by atoms with Crippen molar-refractivity contribution < 1.29 is 14.3 Å². The molecule has 0 saturated heterocycles. The third kappa shape index (κ3) is 8.78. The summed E-state index contributed by atoms with van der Waals surface area (Å²) in [6.45, 7) is 7.64. The fourth-order valence-electron chi connectivity index (χ4n) is 4.89. The van der Waals surface area contributed by atoms with Gasteiger partial charge in [-0.3, -0.25) is 9.59 Å². The molecular formula is C34H40BrN3O3. The number of nitrogens with zero attached hydrogens (tertiary/aromatic N) is 3. The molecule has 1 aromatic heterocycles. The van der Waals surface area contributed by atoms with Crippen LogP contribution in [0.15, 0.2) is 89.5 Å². The Morgan fingerprint density at radius 2 is 1.61 bits per heavy atom. The van der Waals surface area contributed by atoms with E-state index in [1.807, 2.05) is 72.5 Å². The number of fused-ring (bicyclic) bond motifs is 1. The molecular weight excluding hydrogens is 578 g/mol. The summed E-state index contributed by atoms with van der Waals surface area (Å²) in [5, 5.41) is 2.09. The van der Waals surface area contributed by atoms with Crippen LogP contribution < -0.4 is 0 Å². The van der Waals surface area contributed by atoms with Gasteiger partial charge in [0.2, 0.25) is 5.91 Å².